The molecule has 15 heavy (non-hydrogen) atoms. The fourth-order valence-corrected chi connectivity index (χ4v) is 1.57. The number of carbonyl (C=O) groups is 1. The highest BCUT2D eigenvalue weighted by Gasteiger charge is 2.24. The number of rotatable bonds is 3. The van der Waals surface area contributed by atoms with E-state index in [1.165, 1.54) is 13.1 Å². The van der Waals surface area contributed by atoms with Crippen molar-refractivity contribution in [3.8, 4) is 0 Å². The van der Waals surface area contributed by atoms with Crippen LogP contribution < -0.4 is 0 Å². The number of nitrogens with zero attached hydrogens (tertiary/aromatic N) is 1. The van der Waals surface area contributed by atoms with E-state index in [4.69, 9.17) is 0 Å². The molecule has 0 saturated heterocycles. The van der Waals surface area contributed by atoms with E-state index in [9.17, 15) is 13.2 Å². The van der Waals surface area contributed by atoms with Crippen molar-refractivity contribution in [2.24, 2.45) is 0 Å². The third-order valence-corrected chi connectivity index (χ3v) is 3.71. The van der Waals surface area contributed by atoms with Crippen LogP contribution in [0, 0.1) is 6.92 Å². The first-order chi connectivity index (χ1) is 6.82. The Morgan fingerprint density at radius 3 is 2.40 bits per heavy atom. The van der Waals surface area contributed by atoms with E-state index in [1.807, 2.05) is 0 Å². The van der Waals surface area contributed by atoms with Crippen LogP contribution in [0.15, 0.2) is 18.3 Å². The van der Waals surface area contributed by atoms with Crippen LogP contribution in [0.5, 0.6) is 0 Å². The van der Waals surface area contributed by atoms with Crippen LogP contribution in [0.1, 0.15) is 23.0 Å². The van der Waals surface area contributed by atoms with Crippen molar-refractivity contribution in [1.82, 2.24) is 4.98 Å². The largest absolute Gasteiger partial charge is 0.293 e. The first-order valence-corrected chi connectivity index (χ1v) is 6.43. The molecule has 82 valence electrons. The average molecular weight is 227 g/mol. The van der Waals surface area contributed by atoms with E-state index in [0.29, 0.717) is 5.56 Å². The predicted molar refractivity (Wildman–Crippen MR) is 57.6 cm³/mol. The zero-order valence-electron chi connectivity index (χ0n) is 8.89. The molecule has 4 nitrogen and oxygen atoms in total. The summed E-state index contributed by atoms with van der Waals surface area (Å²) in [5.74, 6) is -0.412. The molecule has 0 radical (unpaired) electrons. The summed E-state index contributed by atoms with van der Waals surface area (Å²) in [6.45, 7) is 3.19. The molecule has 0 N–H and O–H groups in total. The predicted octanol–water partition coefficient (Wildman–Crippen LogP) is 1.01. The molecule has 0 bridgehead atoms. The van der Waals surface area contributed by atoms with Crippen LogP contribution in [-0.4, -0.2) is 30.7 Å². The Balaban J connectivity index is 3.01. The molecule has 0 aliphatic heterocycles. The summed E-state index contributed by atoms with van der Waals surface area (Å²) in [6.07, 6.45) is 2.45. The lowest BCUT2D eigenvalue weighted by molar-refractivity contribution is 0.0991. The Kier molecular flexibility index (Phi) is 3.24. The fourth-order valence-electron chi connectivity index (χ4n) is 1.04. The van der Waals surface area contributed by atoms with Gasteiger partial charge in [0.25, 0.3) is 0 Å². The highest BCUT2D eigenvalue weighted by molar-refractivity contribution is 7.92. The lowest BCUT2D eigenvalue weighted by atomic mass is 10.1. The summed E-state index contributed by atoms with van der Waals surface area (Å²) < 4.78 is 22.3. The van der Waals surface area contributed by atoms with Crippen molar-refractivity contribution in [2.75, 3.05) is 6.26 Å². The lowest BCUT2D eigenvalue weighted by Crippen LogP contribution is -2.26. The molecular weight excluding hydrogens is 214 g/mol. The SMILES string of the molecule is Cc1ccc(C(=O)C(C)S(C)(=O)=O)cn1. The minimum Gasteiger partial charge on any atom is -0.293 e. The van der Waals surface area contributed by atoms with E-state index in [2.05, 4.69) is 4.98 Å². The smallest absolute Gasteiger partial charge is 0.182 e. The first-order valence-electron chi connectivity index (χ1n) is 4.48. The zero-order valence-corrected chi connectivity index (χ0v) is 9.71. The van der Waals surface area contributed by atoms with Gasteiger partial charge in [0.1, 0.15) is 5.25 Å². The monoisotopic (exact) mass is 227 g/mol. The van der Waals surface area contributed by atoms with Crippen molar-refractivity contribution in [1.29, 1.82) is 0 Å². The molecule has 0 aliphatic carbocycles. The normalized spacial score (nSPS) is 13.5. The van der Waals surface area contributed by atoms with Gasteiger partial charge in [0.2, 0.25) is 0 Å². The van der Waals surface area contributed by atoms with Crippen LogP contribution in [-0.2, 0) is 9.84 Å². The van der Waals surface area contributed by atoms with E-state index < -0.39 is 20.9 Å². The van der Waals surface area contributed by atoms with Gasteiger partial charge in [-0.3, -0.25) is 9.78 Å². The highest BCUT2D eigenvalue weighted by atomic mass is 32.2. The van der Waals surface area contributed by atoms with Crippen molar-refractivity contribution >= 4 is 15.6 Å². The third kappa shape index (κ3) is 2.86. The number of carbonyl (C=O) groups excluding carboxylic acids is 1. The van der Waals surface area contributed by atoms with Crippen molar-refractivity contribution < 1.29 is 13.2 Å². The molecule has 0 saturated carbocycles. The van der Waals surface area contributed by atoms with E-state index in [1.54, 1.807) is 19.1 Å². The van der Waals surface area contributed by atoms with Gasteiger partial charge in [-0.2, -0.15) is 0 Å². The van der Waals surface area contributed by atoms with E-state index in [0.717, 1.165) is 11.9 Å². The molecule has 1 aromatic rings. The topological polar surface area (TPSA) is 64.1 Å². The number of hydrogen-bond acceptors (Lipinski definition) is 4. The number of aryl methyl sites for hydroxylation is 1. The minimum absolute atomic E-state index is 0.332. The standard InChI is InChI=1S/C10H13NO3S/c1-7-4-5-9(6-11-7)10(12)8(2)15(3,13)14/h4-6,8H,1-3H3. The first kappa shape index (κ1) is 11.8. The fraction of sp³-hybridized carbons (Fsp3) is 0.400. The number of aromatic nitrogens is 1. The summed E-state index contributed by atoms with van der Waals surface area (Å²) in [4.78, 5) is 15.6. The maximum atomic E-state index is 11.7. The van der Waals surface area contributed by atoms with Crippen molar-refractivity contribution in [3.05, 3.63) is 29.6 Å². The Bertz CT molecular complexity index is 462. The Morgan fingerprint density at radius 2 is 2.00 bits per heavy atom. The molecule has 0 aromatic carbocycles. The Hall–Kier alpha value is -1.23. The molecule has 1 rings (SSSR count). The summed E-state index contributed by atoms with van der Waals surface area (Å²) in [5.41, 5.74) is 1.12. The van der Waals surface area contributed by atoms with Crippen LogP contribution in [0.25, 0.3) is 0 Å². The Labute approximate surface area is 89.3 Å². The van der Waals surface area contributed by atoms with Gasteiger partial charge in [-0.25, -0.2) is 8.42 Å². The quantitative estimate of drug-likeness (QED) is 0.723. The molecule has 0 spiro atoms. The second-order valence-electron chi connectivity index (χ2n) is 3.52. The summed E-state index contributed by atoms with van der Waals surface area (Å²) >= 11 is 0. The van der Waals surface area contributed by atoms with Gasteiger partial charge in [0, 0.05) is 23.7 Å². The highest BCUT2D eigenvalue weighted by Crippen LogP contribution is 2.08. The maximum Gasteiger partial charge on any atom is 0.182 e. The molecule has 1 atom stereocenters. The number of Topliss-reactive ketones (excluding diaryl/α,β-unsaturated/α-hetero) is 1. The maximum absolute atomic E-state index is 11.7. The zero-order chi connectivity index (χ0) is 11.6. The van der Waals surface area contributed by atoms with Gasteiger partial charge < -0.3 is 0 Å². The van der Waals surface area contributed by atoms with E-state index in [-0.39, 0.29) is 0 Å². The summed E-state index contributed by atoms with van der Waals surface area (Å²) in [6, 6.07) is 3.27. The van der Waals surface area contributed by atoms with Gasteiger partial charge in [-0.05, 0) is 26.0 Å². The minimum atomic E-state index is -3.34. The van der Waals surface area contributed by atoms with Crippen molar-refractivity contribution in [2.45, 2.75) is 19.1 Å². The van der Waals surface area contributed by atoms with Crippen LogP contribution in [0.2, 0.25) is 0 Å². The van der Waals surface area contributed by atoms with Gasteiger partial charge in [-0.15, -0.1) is 0 Å². The van der Waals surface area contributed by atoms with Gasteiger partial charge >= 0.3 is 0 Å². The lowest BCUT2D eigenvalue weighted by Gasteiger charge is -2.07. The van der Waals surface area contributed by atoms with Crippen LogP contribution >= 0.6 is 0 Å². The van der Waals surface area contributed by atoms with Gasteiger partial charge in [-0.1, -0.05) is 0 Å². The van der Waals surface area contributed by atoms with Gasteiger partial charge in [0.15, 0.2) is 15.6 Å². The van der Waals surface area contributed by atoms with Crippen molar-refractivity contribution in [3.63, 3.8) is 0 Å². The second-order valence-corrected chi connectivity index (χ2v) is 5.89. The number of sulfone groups is 1. The molecule has 1 unspecified atom stereocenters. The molecule has 5 heteroatoms. The molecule has 0 fully saturated rings. The third-order valence-electron chi connectivity index (χ3n) is 2.21. The summed E-state index contributed by atoms with van der Waals surface area (Å²) in [5, 5.41) is -1.01. The summed E-state index contributed by atoms with van der Waals surface area (Å²) in [7, 11) is -3.34. The average Bonchev–Trinajstić information content (AvgIpc) is 2.15. The number of pyridine rings is 1. The van der Waals surface area contributed by atoms with Gasteiger partial charge in [0.05, 0.1) is 0 Å². The molecule has 1 heterocycles. The van der Waals surface area contributed by atoms with E-state index >= 15 is 0 Å². The second kappa shape index (κ2) is 4.10. The molecular formula is C10H13NO3S. The molecule has 1 aromatic heterocycles. The Morgan fingerprint density at radius 1 is 1.40 bits per heavy atom. The molecule has 0 amide bonds. The molecule has 0 aliphatic rings. The van der Waals surface area contributed by atoms with Crippen LogP contribution in [0.4, 0.5) is 0 Å². The number of hydrogen-bond donors (Lipinski definition) is 0. The van der Waals surface area contributed by atoms with Crippen LogP contribution in [0.3, 0.4) is 0 Å². The number of ketones is 1.